The number of carbonyl (C=O) groups excluding carboxylic acids is 1. The highest BCUT2D eigenvalue weighted by Gasteiger charge is 2.21. The monoisotopic (exact) mass is 455 g/mol. The Labute approximate surface area is 181 Å². The molecule has 0 aliphatic rings. The number of halogens is 3. The van der Waals surface area contributed by atoms with Gasteiger partial charge in [-0.1, -0.05) is 30.3 Å². The number of nitrogens with one attached hydrogen (secondary N) is 2. The quantitative estimate of drug-likeness (QED) is 0.404. The van der Waals surface area contributed by atoms with Crippen molar-refractivity contribution in [1.29, 1.82) is 0 Å². The van der Waals surface area contributed by atoms with E-state index < -0.39 is 23.8 Å². The Hall–Kier alpha value is -4.06. The van der Waals surface area contributed by atoms with E-state index in [0.29, 0.717) is 11.5 Å². The highest BCUT2D eigenvalue weighted by atomic mass is 32.1. The maximum absolute atomic E-state index is 14.6. The minimum Gasteiger partial charge on any atom is -0.318 e. The van der Waals surface area contributed by atoms with Crippen LogP contribution in [-0.4, -0.2) is 35.7 Å². The SMILES string of the molecule is O=C(Nc1cc2nc(-c3ccccc3)nn2cc1F)c1[nH]ncc1-c1nc(C(F)F)cs1. The first-order chi connectivity index (χ1) is 15.5. The zero-order chi connectivity index (χ0) is 22.2. The van der Waals surface area contributed by atoms with Gasteiger partial charge in [-0.3, -0.25) is 9.89 Å². The second-order valence-corrected chi connectivity index (χ2v) is 7.49. The molecule has 4 heterocycles. The summed E-state index contributed by atoms with van der Waals surface area (Å²) in [5.41, 5.74) is 0.765. The Kier molecular flexibility index (Phi) is 4.90. The van der Waals surface area contributed by atoms with Gasteiger partial charge in [-0.2, -0.15) is 5.10 Å². The molecule has 0 aliphatic heterocycles. The molecule has 8 nitrogen and oxygen atoms in total. The lowest BCUT2D eigenvalue weighted by Crippen LogP contribution is -2.15. The van der Waals surface area contributed by atoms with Crippen LogP contribution in [0.25, 0.3) is 27.6 Å². The van der Waals surface area contributed by atoms with Gasteiger partial charge in [0, 0.05) is 17.0 Å². The van der Waals surface area contributed by atoms with Crippen molar-refractivity contribution in [2.75, 3.05) is 5.32 Å². The first kappa shape index (κ1) is 19.9. The summed E-state index contributed by atoms with van der Waals surface area (Å²) in [6.45, 7) is 0. The second-order valence-electron chi connectivity index (χ2n) is 6.63. The zero-order valence-electron chi connectivity index (χ0n) is 16.0. The van der Waals surface area contributed by atoms with Crippen LogP contribution in [0.1, 0.15) is 22.6 Å². The van der Waals surface area contributed by atoms with E-state index in [4.69, 9.17) is 0 Å². The standard InChI is InChI=1S/C20H12F3N7OS/c21-12-8-30-15(27-18(29-30)10-4-2-1-3-5-10)6-13(12)25-19(31)16-11(7-24-28-16)20-26-14(9-32-20)17(22)23/h1-9,17H,(H,24,28)(H,25,31). The summed E-state index contributed by atoms with van der Waals surface area (Å²) in [6.07, 6.45) is -0.324. The maximum atomic E-state index is 14.6. The van der Waals surface area contributed by atoms with Gasteiger partial charge in [0.15, 0.2) is 17.3 Å². The van der Waals surface area contributed by atoms with Crippen molar-refractivity contribution in [2.24, 2.45) is 0 Å². The molecule has 0 unspecified atom stereocenters. The number of fused-ring (bicyclic) bond motifs is 1. The van der Waals surface area contributed by atoms with E-state index in [9.17, 15) is 18.0 Å². The van der Waals surface area contributed by atoms with Gasteiger partial charge in [-0.05, 0) is 0 Å². The first-order valence-corrected chi connectivity index (χ1v) is 10.1. The van der Waals surface area contributed by atoms with Crippen LogP contribution in [-0.2, 0) is 0 Å². The number of rotatable bonds is 5. The normalized spacial score (nSPS) is 11.4. The molecule has 0 saturated carbocycles. The van der Waals surface area contributed by atoms with Gasteiger partial charge in [0.1, 0.15) is 16.4 Å². The summed E-state index contributed by atoms with van der Waals surface area (Å²) >= 11 is 0.952. The molecule has 0 saturated heterocycles. The van der Waals surface area contributed by atoms with E-state index in [2.05, 4.69) is 30.6 Å². The third-order valence-corrected chi connectivity index (χ3v) is 5.44. The fourth-order valence-electron chi connectivity index (χ4n) is 3.03. The Balaban J connectivity index is 1.44. The van der Waals surface area contributed by atoms with Crippen molar-refractivity contribution in [3.63, 3.8) is 0 Å². The van der Waals surface area contributed by atoms with Crippen LogP contribution >= 0.6 is 11.3 Å². The second kappa shape index (κ2) is 7.89. The molecule has 5 aromatic rings. The molecule has 1 aromatic carbocycles. The van der Waals surface area contributed by atoms with E-state index in [1.807, 2.05) is 30.3 Å². The molecule has 5 rings (SSSR count). The van der Waals surface area contributed by atoms with Crippen LogP contribution in [0.2, 0.25) is 0 Å². The zero-order valence-corrected chi connectivity index (χ0v) is 16.8. The average Bonchev–Trinajstić information content (AvgIpc) is 3.53. The van der Waals surface area contributed by atoms with Crippen LogP contribution in [0.3, 0.4) is 0 Å². The smallest absolute Gasteiger partial charge is 0.281 e. The summed E-state index contributed by atoms with van der Waals surface area (Å²) in [4.78, 5) is 21.0. The lowest BCUT2D eigenvalue weighted by atomic mass is 10.2. The van der Waals surface area contributed by atoms with Crippen molar-refractivity contribution >= 4 is 28.6 Å². The van der Waals surface area contributed by atoms with Crippen molar-refractivity contribution in [3.05, 3.63) is 71.4 Å². The number of H-pyrrole nitrogens is 1. The maximum Gasteiger partial charge on any atom is 0.281 e. The summed E-state index contributed by atoms with van der Waals surface area (Å²) in [5.74, 6) is -1.04. The number of benzene rings is 1. The van der Waals surface area contributed by atoms with Crippen LogP contribution in [0.4, 0.5) is 18.9 Å². The van der Waals surface area contributed by atoms with Gasteiger partial charge in [0.2, 0.25) is 0 Å². The molecule has 1 amide bonds. The molecular weight excluding hydrogens is 443 g/mol. The molecule has 0 fully saturated rings. The van der Waals surface area contributed by atoms with E-state index >= 15 is 0 Å². The molecule has 0 atom stereocenters. The van der Waals surface area contributed by atoms with Crippen molar-refractivity contribution < 1.29 is 18.0 Å². The van der Waals surface area contributed by atoms with Gasteiger partial charge in [0.25, 0.3) is 12.3 Å². The highest BCUT2D eigenvalue weighted by molar-refractivity contribution is 7.13. The summed E-state index contributed by atoms with van der Waals surface area (Å²) in [5, 5.41) is 14.4. The Bertz CT molecular complexity index is 1430. The highest BCUT2D eigenvalue weighted by Crippen LogP contribution is 2.30. The third kappa shape index (κ3) is 3.60. The molecule has 4 aromatic heterocycles. The van der Waals surface area contributed by atoms with E-state index in [1.54, 1.807) is 0 Å². The molecule has 0 spiro atoms. The summed E-state index contributed by atoms with van der Waals surface area (Å²) in [6, 6.07) is 10.5. The van der Waals surface area contributed by atoms with Crippen LogP contribution in [0.5, 0.6) is 0 Å². The number of hydrogen-bond donors (Lipinski definition) is 2. The van der Waals surface area contributed by atoms with Gasteiger partial charge >= 0.3 is 0 Å². The fraction of sp³-hybridized carbons (Fsp3) is 0.0500. The Morgan fingerprint density at radius 2 is 2.00 bits per heavy atom. The molecule has 0 bridgehead atoms. The predicted octanol–water partition coefficient (Wildman–Crippen LogP) is 4.57. The number of thiazole rings is 1. The van der Waals surface area contributed by atoms with E-state index in [1.165, 1.54) is 22.2 Å². The topological polar surface area (TPSA) is 101 Å². The number of nitrogens with zero attached hydrogens (tertiary/aromatic N) is 5. The number of hydrogen-bond acceptors (Lipinski definition) is 6. The molecule has 2 N–H and O–H groups in total. The summed E-state index contributed by atoms with van der Waals surface area (Å²) in [7, 11) is 0. The lowest BCUT2D eigenvalue weighted by molar-refractivity contribution is 0.102. The number of aromatic amines is 1. The average molecular weight is 455 g/mol. The van der Waals surface area contributed by atoms with Gasteiger partial charge < -0.3 is 5.32 Å². The molecule has 0 radical (unpaired) electrons. The minimum absolute atomic E-state index is 0.0362. The Morgan fingerprint density at radius 3 is 2.75 bits per heavy atom. The molecule has 12 heteroatoms. The largest absolute Gasteiger partial charge is 0.318 e. The predicted molar refractivity (Wildman–Crippen MR) is 111 cm³/mol. The molecule has 0 aliphatic carbocycles. The van der Waals surface area contributed by atoms with Crippen molar-refractivity contribution in [2.45, 2.75) is 6.43 Å². The Morgan fingerprint density at radius 1 is 1.19 bits per heavy atom. The number of amides is 1. The van der Waals surface area contributed by atoms with Gasteiger partial charge in [-0.25, -0.2) is 27.7 Å². The number of anilines is 1. The number of pyridine rings is 1. The van der Waals surface area contributed by atoms with Crippen LogP contribution in [0, 0.1) is 5.82 Å². The molecule has 32 heavy (non-hydrogen) atoms. The molecule has 160 valence electrons. The van der Waals surface area contributed by atoms with Crippen LogP contribution < -0.4 is 5.32 Å². The van der Waals surface area contributed by atoms with Gasteiger partial charge in [-0.15, -0.1) is 16.4 Å². The number of carbonyl (C=O) groups is 1. The van der Waals surface area contributed by atoms with Crippen LogP contribution in [0.15, 0.2) is 54.2 Å². The fourth-order valence-corrected chi connectivity index (χ4v) is 3.85. The van der Waals surface area contributed by atoms with E-state index in [0.717, 1.165) is 23.1 Å². The van der Waals surface area contributed by atoms with Crippen molar-refractivity contribution in [1.82, 2.24) is 29.8 Å². The van der Waals surface area contributed by atoms with Crippen molar-refractivity contribution in [3.8, 4) is 22.0 Å². The van der Waals surface area contributed by atoms with Gasteiger partial charge in [0.05, 0.1) is 23.6 Å². The molecular formula is C20H12F3N7OS. The number of aromatic nitrogens is 6. The first-order valence-electron chi connectivity index (χ1n) is 9.19. The minimum atomic E-state index is -2.73. The van der Waals surface area contributed by atoms with E-state index in [-0.39, 0.29) is 22.0 Å². The summed E-state index contributed by atoms with van der Waals surface area (Å²) < 4.78 is 41.6. The third-order valence-electron chi connectivity index (χ3n) is 4.55. The lowest BCUT2D eigenvalue weighted by Gasteiger charge is -2.06. The number of alkyl halides is 2.